The number of aliphatic hydroxyl groups is 1. The summed E-state index contributed by atoms with van der Waals surface area (Å²) in [5.41, 5.74) is 0. The van der Waals surface area contributed by atoms with Crippen LogP contribution in [0, 0.1) is 0 Å². The van der Waals surface area contributed by atoms with Gasteiger partial charge in [-0.1, -0.05) is 0 Å². The van der Waals surface area contributed by atoms with Gasteiger partial charge in [-0.25, -0.2) is 0 Å². The molecule has 15 heavy (non-hydrogen) atoms. The van der Waals surface area contributed by atoms with Gasteiger partial charge >= 0.3 is 11.9 Å². The molecule has 0 saturated carbocycles. The van der Waals surface area contributed by atoms with E-state index >= 15 is 0 Å². The molecule has 0 aliphatic carbocycles. The number of carboxylic acid groups (broad SMARTS) is 2. The van der Waals surface area contributed by atoms with E-state index in [1.165, 1.54) is 0 Å². The van der Waals surface area contributed by atoms with Crippen molar-refractivity contribution in [3.8, 4) is 0 Å². The molecule has 0 bridgehead atoms. The van der Waals surface area contributed by atoms with Crippen molar-refractivity contribution < 1.29 is 24.9 Å². The fraction of sp³-hybridized carbons (Fsp3) is 0.750. The monoisotopic (exact) mass is 220 g/mol. The van der Waals surface area contributed by atoms with E-state index < -0.39 is 24.4 Å². The molecular formula is C8H16N2O5. The van der Waals surface area contributed by atoms with Crippen molar-refractivity contribution in [2.75, 3.05) is 26.2 Å². The minimum atomic E-state index is -1.18. The summed E-state index contributed by atoms with van der Waals surface area (Å²) in [4.78, 5) is 20.9. The van der Waals surface area contributed by atoms with Crippen molar-refractivity contribution in [2.24, 2.45) is 0 Å². The van der Waals surface area contributed by atoms with Gasteiger partial charge < -0.3 is 26.0 Å². The fourth-order valence-electron chi connectivity index (χ4n) is 0.960. The van der Waals surface area contributed by atoms with Crippen LogP contribution in [0.15, 0.2) is 0 Å². The number of aliphatic hydroxyl groups excluding tert-OH is 1. The molecule has 0 aromatic carbocycles. The number of aliphatic carboxylic acids is 2. The van der Waals surface area contributed by atoms with Crippen molar-refractivity contribution in [3.63, 3.8) is 0 Å². The average molecular weight is 220 g/mol. The predicted octanol–water partition coefficient (Wildman–Crippen LogP) is -1.91. The Hall–Kier alpha value is -1.18. The number of hydrogen-bond acceptors (Lipinski definition) is 5. The van der Waals surface area contributed by atoms with E-state index in [0.29, 0.717) is 19.6 Å². The molecule has 1 atom stereocenters. The van der Waals surface area contributed by atoms with E-state index in [9.17, 15) is 9.59 Å². The summed E-state index contributed by atoms with van der Waals surface area (Å²) < 4.78 is 0. The molecule has 0 aliphatic rings. The third-order valence-electron chi connectivity index (χ3n) is 1.66. The lowest BCUT2D eigenvalue weighted by Gasteiger charge is -2.12. The van der Waals surface area contributed by atoms with E-state index in [4.69, 9.17) is 15.3 Å². The number of hydrogen-bond donors (Lipinski definition) is 5. The molecule has 0 fully saturated rings. The second-order valence-corrected chi connectivity index (χ2v) is 2.92. The van der Waals surface area contributed by atoms with Crippen LogP contribution in [0.1, 0.15) is 6.42 Å². The molecule has 0 aromatic heterocycles. The van der Waals surface area contributed by atoms with E-state index in [2.05, 4.69) is 10.6 Å². The standard InChI is InChI=1S/C8H16N2O5/c11-4-3-9-1-2-10-6(8(14)15)5-7(12)13/h6,9-11H,1-5H2,(H,12,13)(H,14,15). The van der Waals surface area contributed by atoms with Crippen molar-refractivity contribution >= 4 is 11.9 Å². The van der Waals surface area contributed by atoms with E-state index in [-0.39, 0.29) is 6.61 Å². The molecular weight excluding hydrogens is 204 g/mol. The highest BCUT2D eigenvalue weighted by atomic mass is 16.4. The lowest BCUT2D eigenvalue weighted by atomic mass is 10.2. The van der Waals surface area contributed by atoms with E-state index in [1.807, 2.05) is 0 Å². The first kappa shape index (κ1) is 13.8. The molecule has 7 heteroatoms. The second kappa shape index (κ2) is 8.16. The average Bonchev–Trinajstić information content (AvgIpc) is 2.15. The first-order valence-electron chi connectivity index (χ1n) is 4.57. The normalized spacial score (nSPS) is 12.3. The van der Waals surface area contributed by atoms with Gasteiger partial charge in [0.25, 0.3) is 0 Å². The first-order chi connectivity index (χ1) is 7.07. The van der Waals surface area contributed by atoms with Crippen molar-refractivity contribution in [1.29, 1.82) is 0 Å². The molecule has 0 aliphatic heterocycles. The van der Waals surface area contributed by atoms with Crippen LogP contribution >= 0.6 is 0 Å². The van der Waals surface area contributed by atoms with Crippen LogP contribution in [0.25, 0.3) is 0 Å². The summed E-state index contributed by atoms with van der Waals surface area (Å²) in [5, 5.41) is 30.9. The summed E-state index contributed by atoms with van der Waals surface area (Å²) in [5.74, 6) is -2.34. The van der Waals surface area contributed by atoms with Crippen LogP contribution in [-0.2, 0) is 9.59 Å². The largest absolute Gasteiger partial charge is 0.481 e. The molecule has 7 nitrogen and oxygen atoms in total. The molecule has 0 radical (unpaired) electrons. The molecule has 5 N–H and O–H groups in total. The van der Waals surface area contributed by atoms with Gasteiger partial charge in [-0.3, -0.25) is 9.59 Å². The van der Waals surface area contributed by atoms with Gasteiger partial charge in [0.05, 0.1) is 13.0 Å². The smallest absolute Gasteiger partial charge is 0.321 e. The SMILES string of the molecule is O=C(O)CC(NCCNCCO)C(=O)O. The molecule has 0 heterocycles. The lowest BCUT2D eigenvalue weighted by molar-refractivity contribution is -0.145. The maximum atomic E-state index is 10.6. The first-order valence-corrected chi connectivity index (χ1v) is 4.57. The molecule has 1 unspecified atom stereocenters. The minimum absolute atomic E-state index is 0.0114. The highest BCUT2D eigenvalue weighted by molar-refractivity contribution is 5.80. The zero-order valence-corrected chi connectivity index (χ0v) is 8.27. The quantitative estimate of drug-likeness (QED) is 0.287. The van der Waals surface area contributed by atoms with E-state index in [1.54, 1.807) is 0 Å². The van der Waals surface area contributed by atoms with Crippen molar-refractivity contribution in [2.45, 2.75) is 12.5 Å². The number of rotatable bonds is 9. The molecule has 0 aromatic rings. The van der Waals surface area contributed by atoms with Gasteiger partial charge in [-0.2, -0.15) is 0 Å². The van der Waals surface area contributed by atoms with Gasteiger partial charge in [0.15, 0.2) is 0 Å². The van der Waals surface area contributed by atoms with Gasteiger partial charge in [0, 0.05) is 19.6 Å². The minimum Gasteiger partial charge on any atom is -0.481 e. The Balaban J connectivity index is 3.67. The Bertz CT molecular complexity index is 209. The second-order valence-electron chi connectivity index (χ2n) is 2.92. The zero-order valence-electron chi connectivity index (χ0n) is 8.27. The zero-order chi connectivity index (χ0) is 11.7. The predicted molar refractivity (Wildman–Crippen MR) is 51.6 cm³/mol. The molecule has 0 amide bonds. The van der Waals surface area contributed by atoms with Crippen LogP contribution in [0.2, 0.25) is 0 Å². The van der Waals surface area contributed by atoms with Crippen LogP contribution in [0.4, 0.5) is 0 Å². The summed E-state index contributed by atoms with van der Waals surface area (Å²) >= 11 is 0. The van der Waals surface area contributed by atoms with Gasteiger partial charge in [0.1, 0.15) is 6.04 Å². The van der Waals surface area contributed by atoms with Gasteiger partial charge in [-0.05, 0) is 0 Å². The molecule has 0 spiro atoms. The molecule has 0 saturated heterocycles. The van der Waals surface area contributed by atoms with Crippen LogP contribution in [-0.4, -0.2) is 59.5 Å². The summed E-state index contributed by atoms with van der Waals surface area (Å²) in [6.07, 6.45) is -0.449. The van der Waals surface area contributed by atoms with Crippen LogP contribution in [0.5, 0.6) is 0 Å². The van der Waals surface area contributed by atoms with E-state index in [0.717, 1.165) is 0 Å². The Labute approximate surface area is 87.1 Å². The third-order valence-corrected chi connectivity index (χ3v) is 1.66. The summed E-state index contributed by atoms with van der Waals surface area (Å²) in [7, 11) is 0. The third kappa shape index (κ3) is 7.86. The van der Waals surface area contributed by atoms with Gasteiger partial charge in [0.2, 0.25) is 0 Å². The van der Waals surface area contributed by atoms with Crippen LogP contribution in [0.3, 0.4) is 0 Å². The summed E-state index contributed by atoms with van der Waals surface area (Å²) in [6, 6.07) is -1.07. The lowest BCUT2D eigenvalue weighted by Crippen LogP contribution is -2.42. The fourth-order valence-corrected chi connectivity index (χ4v) is 0.960. The number of nitrogens with one attached hydrogen (secondary N) is 2. The maximum Gasteiger partial charge on any atom is 0.321 e. The molecule has 88 valence electrons. The highest BCUT2D eigenvalue weighted by Crippen LogP contribution is 1.91. The summed E-state index contributed by atoms with van der Waals surface area (Å²) in [6.45, 7) is 1.25. The Morgan fingerprint density at radius 1 is 1.13 bits per heavy atom. The van der Waals surface area contributed by atoms with Crippen LogP contribution < -0.4 is 10.6 Å². The Kier molecular flexibility index (Phi) is 7.51. The number of carboxylic acids is 2. The maximum absolute atomic E-state index is 10.6. The van der Waals surface area contributed by atoms with Gasteiger partial charge in [-0.15, -0.1) is 0 Å². The Morgan fingerprint density at radius 3 is 2.27 bits per heavy atom. The van der Waals surface area contributed by atoms with Crippen molar-refractivity contribution in [3.05, 3.63) is 0 Å². The Morgan fingerprint density at radius 2 is 1.80 bits per heavy atom. The van der Waals surface area contributed by atoms with Crippen molar-refractivity contribution in [1.82, 2.24) is 10.6 Å². The topological polar surface area (TPSA) is 119 Å². The number of carbonyl (C=O) groups is 2. The molecule has 0 rings (SSSR count). The highest BCUT2D eigenvalue weighted by Gasteiger charge is 2.19.